The number of imidazole rings is 1. The molecular weight excluding hydrogens is 473 g/mol. The van der Waals surface area contributed by atoms with Crippen LogP contribution in [0.15, 0.2) is 49.2 Å². The zero-order valence-corrected chi connectivity index (χ0v) is 20.0. The Balaban J connectivity index is 1.07. The summed E-state index contributed by atoms with van der Waals surface area (Å²) in [6, 6.07) is 7.80. The Morgan fingerprint density at radius 1 is 1.00 bits per heavy atom. The number of hydrogen-bond acceptors (Lipinski definition) is 7. The van der Waals surface area contributed by atoms with Gasteiger partial charge in [-0.2, -0.15) is 0 Å². The van der Waals surface area contributed by atoms with Gasteiger partial charge in [-0.15, -0.1) is 10.2 Å². The number of carbonyl (C=O) groups excluding carboxylic acids is 1. The third kappa shape index (κ3) is 4.30. The van der Waals surface area contributed by atoms with Gasteiger partial charge in [0.15, 0.2) is 5.78 Å². The van der Waals surface area contributed by atoms with Crippen LogP contribution in [-0.2, 0) is 13.0 Å². The summed E-state index contributed by atoms with van der Waals surface area (Å²) < 4.78 is 20.5. The Labute approximate surface area is 211 Å². The molecule has 0 saturated heterocycles. The van der Waals surface area contributed by atoms with Crippen molar-refractivity contribution < 1.29 is 9.18 Å². The fraction of sp³-hybridized carbons (Fsp3) is 0.346. The fourth-order valence-corrected chi connectivity index (χ4v) is 4.89. The van der Waals surface area contributed by atoms with Gasteiger partial charge in [-0.3, -0.25) is 4.79 Å². The highest BCUT2D eigenvalue weighted by Crippen LogP contribution is 2.43. The first-order valence-electron chi connectivity index (χ1n) is 12.6. The van der Waals surface area contributed by atoms with Gasteiger partial charge in [-0.05, 0) is 77.6 Å². The van der Waals surface area contributed by atoms with Crippen LogP contribution in [0.25, 0.3) is 11.3 Å². The zero-order chi connectivity index (χ0) is 24.9. The van der Waals surface area contributed by atoms with E-state index in [1.165, 1.54) is 29.4 Å². The smallest absolute Gasteiger partial charge is 0.185 e. The molecule has 2 aliphatic carbocycles. The third-order valence-electron chi connectivity index (χ3n) is 7.18. The summed E-state index contributed by atoms with van der Waals surface area (Å²) in [6.45, 7) is 0.405. The number of halogens is 1. The van der Waals surface area contributed by atoms with Gasteiger partial charge in [0.25, 0.3) is 0 Å². The molecule has 7 rings (SSSR count). The standard InChI is InChI=1S/C26H24FN9O/c27-26-20(17-3-4-17)6-8-23(36-15-28-31-33-36)21(26)7-9-24(37)22-14-35(32-30-22)13-19-12-34-11-18(16-1-2-16)5-10-25(34)29-19/h5-6,8,10-12,14-17H,1-4,7,9,13H2. The van der Waals surface area contributed by atoms with Crippen molar-refractivity contribution in [1.82, 2.24) is 44.6 Å². The molecule has 37 heavy (non-hydrogen) atoms. The Bertz CT molecular complexity index is 1610. The number of rotatable bonds is 9. The van der Waals surface area contributed by atoms with E-state index >= 15 is 4.39 Å². The SMILES string of the molecule is O=C(CCc1c(-n2cnnn2)ccc(C2CC2)c1F)c1cn(Cc2cn3cc(C4CC4)ccc3n2)nn1. The molecule has 1 aromatic carbocycles. The van der Waals surface area contributed by atoms with Crippen LogP contribution in [0, 0.1) is 5.82 Å². The molecule has 0 N–H and O–H groups in total. The predicted molar refractivity (Wildman–Crippen MR) is 130 cm³/mol. The van der Waals surface area contributed by atoms with Crippen molar-refractivity contribution in [3.63, 3.8) is 0 Å². The molecule has 0 radical (unpaired) electrons. The molecule has 5 aromatic rings. The van der Waals surface area contributed by atoms with E-state index in [4.69, 9.17) is 0 Å². The molecule has 0 atom stereocenters. The average molecular weight is 498 g/mol. The first-order valence-corrected chi connectivity index (χ1v) is 12.6. The lowest BCUT2D eigenvalue weighted by molar-refractivity contribution is 0.0977. The Morgan fingerprint density at radius 3 is 2.65 bits per heavy atom. The monoisotopic (exact) mass is 497 g/mol. The number of ketones is 1. The quantitative estimate of drug-likeness (QED) is 0.286. The molecule has 2 aliphatic rings. The Morgan fingerprint density at radius 2 is 1.86 bits per heavy atom. The van der Waals surface area contributed by atoms with Crippen molar-refractivity contribution in [2.24, 2.45) is 0 Å². The van der Waals surface area contributed by atoms with Crippen LogP contribution in [0.5, 0.6) is 0 Å². The van der Waals surface area contributed by atoms with E-state index in [0.29, 0.717) is 29.3 Å². The number of fused-ring (bicyclic) bond motifs is 1. The first-order chi connectivity index (χ1) is 18.1. The number of hydrogen-bond donors (Lipinski definition) is 0. The van der Waals surface area contributed by atoms with Crippen molar-refractivity contribution in [2.75, 3.05) is 0 Å². The topological polar surface area (TPSA) is 109 Å². The van der Waals surface area contributed by atoms with Crippen molar-refractivity contribution in [1.29, 1.82) is 0 Å². The highest BCUT2D eigenvalue weighted by Gasteiger charge is 2.29. The number of benzene rings is 1. The van der Waals surface area contributed by atoms with Gasteiger partial charge in [-0.25, -0.2) is 18.7 Å². The Kier molecular flexibility index (Phi) is 5.15. The summed E-state index contributed by atoms with van der Waals surface area (Å²) in [5.74, 6) is 0.447. The van der Waals surface area contributed by atoms with Gasteiger partial charge in [-0.1, -0.05) is 17.3 Å². The van der Waals surface area contributed by atoms with E-state index in [0.717, 1.165) is 24.2 Å². The normalized spacial score (nSPS) is 15.5. The summed E-state index contributed by atoms with van der Waals surface area (Å²) in [7, 11) is 0. The number of pyridine rings is 1. The molecule has 4 aromatic heterocycles. The minimum absolute atomic E-state index is 0.0944. The molecule has 0 bridgehead atoms. The molecule has 4 heterocycles. The molecular formula is C26H24FN9O. The summed E-state index contributed by atoms with van der Waals surface area (Å²) in [5.41, 5.74) is 4.98. The summed E-state index contributed by atoms with van der Waals surface area (Å²) in [5, 5.41) is 19.4. The summed E-state index contributed by atoms with van der Waals surface area (Å²) in [6.07, 6.45) is 11.9. The second-order valence-corrected chi connectivity index (χ2v) is 9.95. The van der Waals surface area contributed by atoms with Gasteiger partial charge < -0.3 is 4.40 Å². The fourth-order valence-electron chi connectivity index (χ4n) is 4.89. The third-order valence-corrected chi connectivity index (χ3v) is 7.18. The Hall–Kier alpha value is -4.28. The van der Waals surface area contributed by atoms with Crippen LogP contribution in [-0.4, -0.2) is 50.4 Å². The van der Waals surface area contributed by atoms with Gasteiger partial charge in [0.05, 0.1) is 24.1 Å². The van der Waals surface area contributed by atoms with Crippen LogP contribution >= 0.6 is 0 Å². The van der Waals surface area contributed by atoms with Crippen LogP contribution in [0.4, 0.5) is 4.39 Å². The van der Waals surface area contributed by atoms with E-state index < -0.39 is 0 Å². The minimum atomic E-state index is -0.274. The molecule has 2 saturated carbocycles. The maximum absolute atomic E-state index is 15.4. The van der Waals surface area contributed by atoms with E-state index in [9.17, 15) is 4.79 Å². The van der Waals surface area contributed by atoms with Crippen molar-refractivity contribution in [2.45, 2.75) is 56.9 Å². The van der Waals surface area contributed by atoms with E-state index in [1.807, 2.05) is 22.7 Å². The van der Waals surface area contributed by atoms with Crippen LogP contribution in [0.3, 0.4) is 0 Å². The van der Waals surface area contributed by atoms with Gasteiger partial charge >= 0.3 is 0 Å². The summed E-state index contributed by atoms with van der Waals surface area (Å²) in [4.78, 5) is 17.6. The minimum Gasteiger partial charge on any atom is -0.306 e. The highest BCUT2D eigenvalue weighted by atomic mass is 19.1. The van der Waals surface area contributed by atoms with Crippen molar-refractivity contribution >= 4 is 11.4 Å². The number of carbonyl (C=O) groups is 1. The molecule has 11 heteroatoms. The van der Waals surface area contributed by atoms with E-state index in [2.05, 4.69) is 43.1 Å². The van der Waals surface area contributed by atoms with Crippen LogP contribution in [0.1, 0.15) is 76.8 Å². The maximum Gasteiger partial charge on any atom is 0.185 e. The van der Waals surface area contributed by atoms with E-state index in [1.54, 1.807) is 16.9 Å². The van der Waals surface area contributed by atoms with Gasteiger partial charge in [0, 0.05) is 24.4 Å². The molecule has 0 amide bonds. The van der Waals surface area contributed by atoms with Crippen molar-refractivity contribution in [3.8, 4) is 5.69 Å². The average Bonchev–Trinajstić information content (AvgIpc) is 3.78. The molecule has 0 aliphatic heterocycles. The second-order valence-electron chi connectivity index (χ2n) is 9.95. The molecule has 10 nitrogen and oxygen atoms in total. The maximum atomic E-state index is 15.4. The largest absolute Gasteiger partial charge is 0.306 e. The lowest BCUT2D eigenvalue weighted by Crippen LogP contribution is -2.09. The van der Waals surface area contributed by atoms with Gasteiger partial charge in [0.1, 0.15) is 23.5 Å². The molecule has 2 fully saturated rings. The molecule has 0 spiro atoms. The van der Waals surface area contributed by atoms with E-state index in [-0.39, 0.29) is 36.1 Å². The summed E-state index contributed by atoms with van der Waals surface area (Å²) >= 11 is 0. The molecule has 0 unspecified atom stereocenters. The first kappa shape index (κ1) is 22.0. The van der Waals surface area contributed by atoms with Crippen molar-refractivity contribution in [3.05, 3.63) is 83.1 Å². The number of nitrogens with zero attached hydrogens (tertiary/aromatic N) is 9. The number of Topliss-reactive ketones (excluding diaryl/α,β-unsaturated/α-hetero) is 1. The highest BCUT2D eigenvalue weighted by molar-refractivity contribution is 5.94. The second kappa shape index (κ2) is 8.68. The van der Waals surface area contributed by atoms with Gasteiger partial charge in [0.2, 0.25) is 0 Å². The number of tetrazole rings is 1. The number of aromatic nitrogens is 9. The predicted octanol–water partition coefficient (Wildman–Crippen LogP) is 3.66. The lowest BCUT2D eigenvalue weighted by Gasteiger charge is -2.12. The van der Waals surface area contributed by atoms with Crippen LogP contribution < -0.4 is 0 Å². The zero-order valence-electron chi connectivity index (χ0n) is 20.0. The lowest BCUT2D eigenvalue weighted by atomic mass is 9.99. The van der Waals surface area contributed by atoms with Crippen LogP contribution in [0.2, 0.25) is 0 Å². The molecule has 186 valence electrons.